The Balaban J connectivity index is 1.45. The van der Waals surface area contributed by atoms with Gasteiger partial charge in [-0.2, -0.15) is 13.9 Å². The molecule has 0 unspecified atom stereocenters. The van der Waals surface area contributed by atoms with E-state index in [1.807, 2.05) is 0 Å². The van der Waals surface area contributed by atoms with Gasteiger partial charge in [0.15, 0.2) is 5.15 Å². The molecule has 1 aromatic carbocycles. The van der Waals surface area contributed by atoms with Gasteiger partial charge in [-0.3, -0.25) is 9.78 Å². The van der Waals surface area contributed by atoms with Gasteiger partial charge < -0.3 is 9.73 Å². The fourth-order valence-electron chi connectivity index (χ4n) is 5.25. The van der Waals surface area contributed by atoms with Crippen LogP contribution in [0.15, 0.2) is 70.3 Å². The van der Waals surface area contributed by atoms with E-state index in [1.165, 1.54) is 23.3 Å². The summed E-state index contributed by atoms with van der Waals surface area (Å²) < 4.78 is 35.7. The third-order valence-corrected chi connectivity index (χ3v) is 7.80. The van der Waals surface area contributed by atoms with E-state index in [1.54, 1.807) is 49.4 Å². The zero-order valence-corrected chi connectivity index (χ0v) is 24.1. The quantitative estimate of drug-likeness (QED) is 0.235. The molecule has 220 valence electrons. The van der Waals surface area contributed by atoms with Gasteiger partial charge in [0.05, 0.1) is 29.5 Å². The Bertz CT molecular complexity index is 1890. The Morgan fingerprint density at radius 3 is 2.67 bits per heavy atom. The number of halogens is 4. The van der Waals surface area contributed by atoms with Gasteiger partial charge in [-0.15, -0.1) is 5.10 Å². The molecule has 0 aliphatic carbocycles. The van der Waals surface area contributed by atoms with Crippen molar-refractivity contribution in [3.8, 4) is 28.3 Å². The number of rotatable bonds is 4. The largest absolute Gasteiger partial charge is 0.422 e. The van der Waals surface area contributed by atoms with E-state index < -0.39 is 24.0 Å². The van der Waals surface area contributed by atoms with Gasteiger partial charge in [-0.1, -0.05) is 41.8 Å². The molecule has 2 bridgehead atoms. The van der Waals surface area contributed by atoms with Crippen molar-refractivity contribution in [1.82, 2.24) is 29.8 Å². The molecule has 5 aromatic rings. The van der Waals surface area contributed by atoms with Gasteiger partial charge in [-0.05, 0) is 55.3 Å². The predicted molar refractivity (Wildman–Crippen MR) is 156 cm³/mol. The first-order valence-electron chi connectivity index (χ1n) is 13.3. The van der Waals surface area contributed by atoms with Gasteiger partial charge >= 0.3 is 12.2 Å². The molecular weight excluding hydrogens is 603 g/mol. The number of nitrogens with one attached hydrogen (secondary N) is 1. The molecule has 6 rings (SSSR count). The van der Waals surface area contributed by atoms with Crippen LogP contribution in [-0.4, -0.2) is 35.7 Å². The second-order valence-corrected chi connectivity index (χ2v) is 11.0. The number of alkyl halides is 2. The SMILES string of the molecule is C[C@H]1CCC[C@@H](c2ccc(-c3cc(Cl)ccc3-n3cc(Cl)nn3)oc2=O)c2cc(ccn2)-c2c(cnn2C(F)F)NC1=O. The van der Waals surface area contributed by atoms with E-state index in [0.29, 0.717) is 57.0 Å². The van der Waals surface area contributed by atoms with Crippen LogP contribution >= 0.6 is 23.2 Å². The van der Waals surface area contributed by atoms with Crippen molar-refractivity contribution < 1.29 is 18.0 Å². The fraction of sp³-hybridized carbons (Fsp3) is 0.241. The van der Waals surface area contributed by atoms with Crippen molar-refractivity contribution in [3.63, 3.8) is 0 Å². The van der Waals surface area contributed by atoms with Crippen LogP contribution in [0.4, 0.5) is 14.5 Å². The van der Waals surface area contributed by atoms with Crippen LogP contribution in [-0.2, 0) is 4.79 Å². The number of pyridine rings is 1. The highest BCUT2D eigenvalue weighted by molar-refractivity contribution is 6.31. The van der Waals surface area contributed by atoms with E-state index in [0.717, 1.165) is 0 Å². The van der Waals surface area contributed by atoms with Gasteiger partial charge in [-0.25, -0.2) is 14.2 Å². The molecule has 1 aliphatic heterocycles. The maximum Gasteiger partial charge on any atom is 0.340 e. The Hall–Kier alpha value is -4.42. The highest BCUT2D eigenvalue weighted by Crippen LogP contribution is 2.37. The molecule has 10 nitrogen and oxygen atoms in total. The predicted octanol–water partition coefficient (Wildman–Crippen LogP) is 6.74. The minimum Gasteiger partial charge on any atom is -0.422 e. The summed E-state index contributed by atoms with van der Waals surface area (Å²) >= 11 is 12.2. The maximum absolute atomic E-state index is 13.9. The van der Waals surface area contributed by atoms with Crippen LogP contribution in [0.3, 0.4) is 0 Å². The molecule has 2 atom stereocenters. The van der Waals surface area contributed by atoms with Crippen LogP contribution in [0.2, 0.25) is 10.2 Å². The number of hydrogen-bond acceptors (Lipinski definition) is 7. The monoisotopic (exact) mass is 625 g/mol. The molecule has 14 heteroatoms. The zero-order valence-electron chi connectivity index (χ0n) is 22.5. The highest BCUT2D eigenvalue weighted by Gasteiger charge is 2.27. The van der Waals surface area contributed by atoms with Crippen molar-refractivity contribution in [1.29, 1.82) is 0 Å². The number of aromatic nitrogens is 6. The number of hydrogen-bond donors (Lipinski definition) is 1. The molecule has 43 heavy (non-hydrogen) atoms. The number of amides is 1. The minimum atomic E-state index is -2.94. The normalized spacial score (nSPS) is 17.2. The molecule has 5 heterocycles. The lowest BCUT2D eigenvalue weighted by molar-refractivity contribution is -0.119. The highest BCUT2D eigenvalue weighted by atomic mass is 35.5. The number of nitrogens with zero attached hydrogens (tertiary/aromatic N) is 6. The smallest absolute Gasteiger partial charge is 0.340 e. The van der Waals surface area contributed by atoms with Crippen molar-refractivity contribution in [2.75, 3.05) is 5.32 Å². The lowest BCUT2D eigenvalue weighted by Crippen LogP contribution is -2.22. The summed E-state index contributed by atoms with van der Waals surface area (Å²) in [5.41, 5.74) is 1.83. The first-order valence-corrected chi connectivity index (χ1v) is 14.1. The van der Waals surface area contributed by atoms with Crippen LogP contribution in [0.5, 0.6) is 0 Å². The second kappa shape index (κ2) is 11.7. The van der Waals surface area contributed by atoms with Crippen LogP contribution in [0.25, 0.3) is 28.3 Å². The molecule has 0 saturated carbocycles. The van der Waals surface area contributed by atoms with E-state index in [4.69, 9.17) is 27.6 Å². The van der Waals surface area contributed by atoms with Gasteiger partial charge in [0.2, 0.25) is 5.91 Å². The zero-order chi connectivity index (χ0) is 30.2. The Morgan fingerprint density at radius 2 is 1.93 bits per heavy atom. The number of carbonyl (C=O) groups is 1. The average Bonchev–Trinajstić information content (AvgIpc) is 3.61. The summed E-state index contributed by atoms with van der Waals surface area (Å²) in [5.74, 6) is -1.03. The van der Waals surface area contributed by atoms with Gasteiger partial charge in [0.1, 0.15) is 5.76 Å². The first-order chi connectivity index (χ1) is 20.7. The van der Waals surface area contributed by atoms with Crippen LogP contribution in [0, 0.1) is 5.92 Å². The van der Waals surface area contributed by atoms with Gasteiger partial charge in [0, 0.05) is 45.4 Å². The number of fused-ring (bicyclic) bond motifs is 4. The van der Waals surface area contributed by atoms with Crippen molar-refractivity contribution in [3.05, 3.63) is 92.9 Å². The summed E-state index contributed by atoms with van der Waals surface area (Å²) in [6.45, 7) is -1.18. The number of anilines is 1. The molecule has 0 fully saturated rings. The third-order valence-electron chi connectivity index (χ3n) is 7.39. The lowest BCUT2D eigenvalue weighted by atomic mass is 9.88. The molecular formula is C29H23Cl2F2N7O3. The maximum atomic E-state index is 13.9. The molecule has 0 spiro atoms. The summed E-state index contributed by atoms with van der Waals surface area (Å²) in [7, 11) is 0. The summed E-state index contributed by atoms with van der Waals surface area (Å²) in [4.78, 5) is 31.0. The average molecular weight is 626 g/mol. The molecule has 1 N–H and O–H groups in total. The Morgan fingerprint density at radius 1 is 1.09 bits per heavy atom. The van der Waals surface area contributed by atoms with Crippen molar-refractivity contribution in [2.24, 2.45) is 5.92 Å². The lowest BCUT2D eigenvalue weighted by Gasteiger charge is -2.20. The second-order valence-electron chi connectivity index (χ2n) is 10.2. The van der Waals surface area contributed by atoms with Crippen LogP contribution < -0.4 is 10.9 Å². The van der Waals surface area contributed by atoms with E-state index in [9.17, 15) is 18.4 Å². The van der Waals surface area contributed by atoms with E-state index in [-0.39, 0.29) is 28.2 Å². The molecule has 0 radical (unpaired) electrons. The number of carbonyl (C=O) groups excluding carboxylic acids is 1. The summed E-state index contributed by atoms with van der Waals surface area (Å²) in [6.07, 6.45) is 5.74. The minimum absolute atomic E-state index is 0.0441. The van der Waals surface area contributed by atoms with Crippen molar-refractivity contribution in [2.45, 2.75) is 38.7 Å². The first kappa shape index (κ1) is 28.7. The molecule has 4 aromatic heterocycles. The molecule has 1 amide bonds. The third kappa shape index (κ3) is 5.67. The molecule has 1 aliphatic rings. The Kier molecular flexibility index (Phi) is 7.80. The summed E-state index contributed by atoms with van der Waals surface area (Å²) in [6, 6.07) is 11.5. The Labute approximate surface area is 253 Å². The summed E-state index contributed by atoms with van der Waals surface area (Å²) in [5, 5.41) is 15.0. The van der Waals surface area contributed by atoms with Crippen LogP contribution in [0.1, 0.15) is 49.9 Å². The van der Waals surface area contributed by atoms with Crippen molar-refractivity contribution >= 4 is 34.8 Å². The molecule has 0 saturated heterocycles. The fourth-order valence-corrected chi connectivity index (χ4v) is 5.55. The van der Waals surface area contributed by atoms with E-state index in [2.05, 4.69) is 25.7 Å². The standard InChI is InChI=1S/C29H23Cl2F2N7O3/c1-15-3-2-4-18(21-11-16(9-10-34-21)26-22(36-27(15)41)13-35-40(26)29(32)33)19-6-8-24(43-28(19)42)20-12-17(30)5-7-23(20)39-14-25(31)37-38-39/h5-15,18,29H,2-4H2,1H3,(H,36,41)/t15-,18-/m0/s1. The topological polar surface area (TPSA) is 121 Å². The van der Waals surface area contributed by atoms with Gasteiger partial charge in [0.25, 0.3) is 0 Å². The number of benzene rings is 1. The van der Waals surface area contributed by atoms with E-state index >= 15 is 0 Å².